The van der Waals surface area contributed by atoms with Crippen LogP contribution in [0.15, 0.2) is 48.5 Å². The molecule has 0 atom stereocenters. The quantitative estimate of drug-likeness (QED) is 0.681. The van der Waals surface area contributed by atoms with Crippen molar-refractivity contribution >= 4 is 40.2 Å². The highest BCUT2D eigenvalue weighted by molar-refractivity contribution is 7.51. The number of carbonyl (C=O) groups excluding carboxylic acids is 2. The van der Waals surface area contributed by atoms with Crippen molar-refractivity contribution in [2.24, 2.45) is 0 Å². The van der Waals surface area contributed by atoms with Crippen molar-refractivity contribution in [1.82, 2.24) is 4.57 Å². The molecule has 0 bridgehead atoms. The number of halogens is 1. The summed E-state index contributed by atoms with van der Waals surface area (Å²) in [6.07, 6.45) is 0.250. The summed E-state index contributed by atoms with van der Waals surface area (Å²) in [6.45, 7) is 2.09. The van der Waals surface area contributed by atoms with Gasteiger partial charge in [-0.15, -0.1) is 0 Å². The van der Waals surface area contributed by atoms with Crippen molar-refractivity contribution in [1.29, 1.82) is 0 Å². The van der Waals surface area contributed by atoms with E-state index in [1.165, 1.54) is 5.69 Å². The Morgan fingerprint density at radius 2 is 1.64 bits per heavy atom. The molecule has 8 heteroatoms. The average Bonchev–Trinajstić information content (AvgIpc) is 2.91. The minimum Gasteiger partial charge on any atom is -0.495 e. The molecule has 1 heterocycles. The lowest BCUT2D eigenvalue weighted by Crippen LogP contribution is -1.96. The lowest BCUT2D eigenvalue weighted by atomic mass is 10.2. The zero-order valence-electron chi connectivity index (χ0n) is 13.4. The first-order valence-corrected chi connectivity index (χ1v) is 7.90. The molecule has 0 amide bonds. The Hall–Kier alpha value is -2.73. The number of nitrogens with zero attached hydrogens (tertiary/aromatic N) is 1. The largest absolute Gasteiger partial charge is 0.495 e. The van der Waals surface area contributed by atoms with Gasteiger partial charge in [-0.3, -0.25) is 0 Å². The fourth-order valence-corrected chi connectivity index (χ4v) is 2.67. The molecule has 3 aromatic rings. The molecule has 0 fully saturated rings. The molecule has 1 aromatic heterocycles. The van der Waals surface area contributed by atoms with E-state index in [-0.39, 0.29) is 6.15 Å². The summed E-state index contributed by atoms with van der Waals surface area (Å²) in [5.41, 5.74) is 3.41. The third-order valence-corrected chi connectivity index (χ3v) is 3.57. The Bertz CT molecular complexity index is 900. The molecular formula is C17H14ClNO5S. The van der Waals surface area contributed by atoms with Crippen LogP contribution >= 0.6 is 11.6 Å². The highest BCUT2D eigenvalue weighted by atomic mass is 35.5. The molecule has 2 aromatic carbocycles. The van der Waals surface area contributed by atoms with Crippen molar-refractivity contribution in [2.75, 3.05) is 7.11 Å². The fourth-order valence-electron chi connectivity index (χ4n) is 2.42. The predicted octanol–water partition coefficient (Wildman–Crippen LogP) is 3.35. The maximum Gasteiger partial charge on any atom is 0.373 e. The van der Waals surface area contributed by atoms with Gasteiger partial charge in [-0.2, -0.15) is 18.0 Å². The SMILES string of the molecule is COc1cc2c(cc1Cl)cc(C)n2-c1ccccc1.O=C=O.O=S=O. The second-order valence-electron chi connectivity index (χ2n) is 4.65. The zero-order chi connectivity index (χ0) is 18.8. The second-order valence-corrected chi connectivity index (χ2v) is 5.20. The molecule has 0 saturated heterocycles. The van der Waals surface area contributed by atoms with E-state index in [0.29, 0.717) is 10.8 Å². The number of fused-ring (bicyclic) bond motifs is 1. The third kappa shape index (κ3) is 5.12. The molecule has 0 aliphatic carbocycles. The van der Waals surface area contributed by atoms with E-state index in [2.05, 4.69) is 29.7 Å². The highest BCUT2D eigenvalue weighted by Gasteiger charge is 2.11. The van der Waals surface area contributed by atoms with Crippen LogP contribution in [0.4, 0.5) is 0 Å². The second kappa shape index (κ2) is 10.2. The van der Waals surface area contributed by atoms with E-state index < -0.39 is 11.6 Å². The van der Waals surface area contributed by atoms with Gasteiger partial charge in [-0.1, -0.05) is 29.8 Å². The molecule has 25 heavy (non-hydrogen) atoms. The molecular weight excluding hydrogens is 366 g/mol. The van der Waals surface area contributed by atoms with E-state index in [9.17, 15) is 0 Å². The number of hydrogen-bond donors (Lipinski definition) is 0. The number of ether oxygens (including phenoxy) is 1. The molecule has 6 nitrogen and oxygen atoms in total. The van der Waals surface area contributed by atoms with Crippen molar-refractivity contribution in [2.45, 2.75) is 6.92 Å². The van der Waals surface area contributed by atoms with Crippen LogP contribution in [0, 0.1) is 6.92 Å². The van der Waals surface area contributed by atoms with Gasteiger partial charge in [0.15, 0.2) is 0 Å². The van der Waals surface area contributed by atoms with E-state index in [4.69, 9.17) is 34.3 Å². The Balaban J connectivity index is 0.000000460. The Labute approximate surface area is 152 Å². The van der Waals surface area contributed by atoms with E-state index in [1.807, 2.05) is 30.3 Å². The summed E-state index contributed by atoms with van der Waals surface area (Å²) in [4.78, 5) is 16.2. The number of aryl methyl sites for hydroxylation is 1. The molecule has 0 unspecified atom stereocenters. The van der Waals surface area contributed by atoms with Crippen molar-refractivity contribution < 1.29 is 22.7 Å². The average molecular weight is 380 g/mol. The van der Waals surface area contributed by atoms with Crippen LogP contribution < -0.4 is 4.74 Å². The molecule has 0 N–H and O–H groups in total. The van der Waals surface area contributed by atoms with Gasteiger partial charge < -0.3 is 9.30 Å². The first-order valence-electron chi connectivity index (χ1n) is 6.86. The van der Waals surface area contributed by atoms with Gasteiger partial charge in [0.25, 0.3) is 0 Å². The summed E-state index contributed by atoms with van der Waals surface area (Å²) >= 11 is 5.43. The van der Waals surface area contributed by atoms with Crippen LogP contribution in [-0.2, 0) is 21.2 Å². The lowest BCUT2D eigenvalue weighted by Gasteiger charge is -2.09. The molecule has 0 radical (unpaired) electrons. The fraction of sp³-hybridized carbons (Fsp3) is 0.118. The number of benzene rings is 2. The van der Waals surface area contributed by atoms with E-state index in [0.717, 1.165) is 16.6 Å². The Kier molecular flexibility index (Phi) is 8.29. The first-order chi connectivity index (χ1) is 12.0. The number of aromatic nitrogens is 1. The van der Waals surface area contributed by atoms with Crippen LogP contribution in [0.5, 0.6) is 5.75 Å². The maximum absolute atomic E-state index is 8.29. The molecule has 130 valence electrons. The third-order valence-electron chi connectivity index (χ3n) is 3.27. The zero-order valence-corrected chi connectivity index (χ0v) is 15.0. The predicted molar refractivity (Wildman–Crippen MR) is 93.5 cm³/mol. The highest BCUT2D eigenvalue weighted by Crippen LogP contribution is 2.33. The minimum absolute atomic E-state index is 0.250. The van der Waals surface area contributed by atoms with Gasteiger partial charge in [0.2, 0.25) is 0 Å². The molecule has 0 saturated carbocycles. The summed E-state index contributed by atoms with van der Waals surface area (Å²) in [7, 11) is 1.63. The number of para-hydroxylation sites is 1. The van der Waals surface area contributed by atoms with Gasteiger partial charge >= 0.3 is 17.7 Å². The van der Waals surface area contributed by atoms with Crippen LogP contribution in [0.2, 0.25) is 5.02 Å². The minimum atomic E-state index is -0.750. The monoisotopic (exact) mass is 379 g/mol. The van der Waals surface area contributed by atoms with Crippen LogP contribution in [-0.4, -0.2) is 26.2 Å². The van der Waals surface area contributed by atoms with Gasteiger partial charge in [0.05, 0.1) is 17.6 Å². The Morgan fingerprint density at radius 3 is 2.16 bits per heavy atom. The van der Waals surface area contributed by atoms with Crippen LogP contribution in [0.1, 0.15) is 5.69 Å². The molecule has 0 aliphatic rings. The summed E-state index contributed by atoms with van der Waals surface area (Å²) in [6, 6.07) is 16.3. The summed E-state index contributed by atoms with van der Waals surface area (Å²) in [5.74, 6) is 0.699. The van der Waals surface area contributed by atoms with Gasteiger partial charge in [0.1, 0.15) is 5.75 Å². The standard InChI is InChI=1S/C16H14ClNO.CO2.O2S/c1-11-8-12-9-14(17)16(19-2)10-15(12)18(11)13-6-4-3-5-7-13;2-1-3;1-3-2/h3-10H,1-2H3;;. The number of methoxy groups -OCH3 is 1. The lowest BCUT2D eigenvalue weighted by molar-refractivity contribution is -0.191. The molecule has 0 spiro atoms. The van der Waals surface area contributed by atoms with Gasteiger partial charge in [-0.05, 0) is 31.2 Å². The summed E-state index contributed by atoms with van der Waals surface area (Å²) in [5, 5.41) is 1.76. The molecule has 0 aliphatic heterocycles. The normalized spacial score (nSPS) is 9.08. The van der Waals surface area contributed by atoms with Crippen molar-refractivity contribution in [3.8, 4) is 11.4 Å². The smallest absolute Gasteiger partial charge is 0.373 e. The van der Waals surface area contributed by atoms with Gasteiger partial charge in [-0.25, -0.2) is 0 Å². The molecule has 3 rings (SSSR count). The number of hydrogen-bond acceptors (Lipinski definition) is 5. The first kappa shape index (κ1) is 20.3. The Morgan fingerprint density at radius 1 is 1.08 bits per heavy atom. The van der Waals surface area contributed by atoms with E-state index >= 15 is 0 Å². The van der Waals surface area contributed by atoms with Crippen LogP contribution in [0.25, 0.3) is 16.6 Å². The van der Waals surface area contributed by atoms with Crippen LogP contribution in [0.3, 0.4) is 0 Å². The summed E-state index contributed by atoms with van der Waals surface area (Å²) < 4.78 is 24.1. The van der Waals surface area contributed by atoms with Crippen molar-refractivity contribution in [3.63, 3.8) is 0 Å². The number of rotatable bonds is 2. The topological polar surface area (TPSA) is 82.4 Å². The van der Waals surface area contributed by atoms with Gasteiger partial charge in [0, 0.05) is 22.8 Å². The van der Waals surface area contributed by atoms with E-state index in [1.54, 1.807) is 7.11 Å². The van der Waals surface area contributed by atoms with Crippen molar-refractivity contribution in [3.05, 3.63) is 59.2 Å². The maximum atomic E-state index is 8.29.